The first-order valence-electron chi connectivity index (χ1n) is 6.14. The van der Waals surface area contributed by atoms with Crippen LogP contribution in [0, 0.1) is 5.92 Å². The number of ether oxygens (including phenoxy) is 2. The van der Waals surface area contributed by atoms with Crippen molar-refractivity contribution >= 4 is 5.97 Å². The standard InChI is InChI=1S/C12H14O3.C2H6/c13-12(11-6-7-14-9-11)15-8-10-4-2-1-3-5-10;1-2/h1-5,11H,6-9H2;1-2H3. The van der Waals surface area contributed by atoms with Gasteiger partial charge in [0.2, 0.25) is 0 Å². The second-order valence-electron chi connectivity index (χ2n) is 3.65. The SMILES string of the molecule is CC.O=C(OCc1ccccc1)C1CCOC1. The summed E-state index contributed by atoms with van der Waals surface area (Å²) in [7, 11) is 0. The van der Waals surface area contributed by atoms with Crippen molar-refractivity contribution in [3.05, 3.63) is 35.9 Å². The quantitative estimate of drug-likeness (QED) is 0.757. The van der Waals surface area contributed by atoms with Crippen molar-refractivity contribution in [2.24, 2.45) is 5.92 Å². The van der Waals surface area contributed by atoms with Gasteiger partial charge >= 0.3 is 5.97 Å². The second kappa shape index (κ2) is 7.85. The number of carbonyl (C=O) groups excluding carboxylic acids is 1. The van der Waals surface area contributed by atoms with E-state index in [1.165, 1.54) is 0 Å². The van der Waals surface area contributed by atoms with Gasteiger partial charge in [-0.15, -0.1) is 0 Å². The van der Waals surface area contributed by atoms with Gasteiger partial charge in [-0.2, -0.15) is 0 Å². The van der Waals surface area contributed by atoms with Gasteiger partial charge in [0.1, 0.15) is 6.61 Å². The lowest BCUT2D eigenvalue weighted by Gasteiger charge is -2.08. The van der Waals surface area contributed by atoms with Gasteiger partial charge in [-0.1, -0.05) is 44.2 Å². The molecular weight excluding hydrogens is 216 g/mol. The number of rotatable bonds is 3. The van der Waals surface area contributed by atoms with Gasteiger partial charge < -0.3 is 9.47 Å². The Hall–Kier alpha value is -1.35. The van der Waals surface area contributed by atoms with Crippen LogP contribution in [0.1, 0.15) is 25.8 Å². The van der Waals surface area contributed by atoms with E-state index in [9.17, 15) is 4.79 Å². The summed E-state index contributed by atoms with van der Waals surface area (Å²) in [6.45, 7) is 5.54. The first-order valence-corrected chi connectivity index (χ1v) is 6.14. The molecule has 0 bridgehead atoms. The van der Waals surface area contributed by atoms with Crippen molar-refractivity contribution in [1.82, 2.24) is 0 Å². The Kier molecular flexibility index (Phi) is 6.33. The molecule has 0 spiro atoms. The molecule has 17 heavy (non-hydrogen) atoms. The van der Waals surface area contributed by atoms with Crippen molar-refractivity contribution in [3.8, 4) is 0 Å². The van der Waals surface area contributed by atoms with Crippen LogP contribution in [0.25, 0.3) is 0 Å². The van der Waals surface area contributed by atoms with Crippen LogP contribution >= 0.6 is 0 Å². The lowest BCUT2D eigenvalue weighted by molar-refractivity contribution is -0.149. The molecule has 1 aliphatic heterocycles. The van der Waals surface area contributed by atoms with Gasteiger partial charge in [0.25, 0.3) is 0 Å². The number of carbonyl (C=O) groups is 1. The molecule has 1 aliphatic rings. The smallest absolute Gasteiger partial charge is 0.311 e. The van der Waals surface area contributed by atoms with Crippen molar-refractivity contribution < 1.29 is 14.3 Å². The van der Waals surface area contributed by atoms with E-state index in [1.807, 2.05) is 44.2 Å². The Morgan fingerprint density at radius 2 is 2.06 bits per heavy atom. The summed E-state index contributed by atoms with van der Waals surface area (Å²) in [4.78, 5) is 11.5. The Balaban J connectivity index is 0.000000686. The van der Waals surface area contributed by atoms with Gasteiger partial charge in [-0.3, -0.25) is 4.79 Å². The fourth-order valence-corrected chi connectivity index (χ4v) is 1.57. The first-order chi connectivity index (χ1) is 8.36. The molecule has 2 rings (SSSR count). The minimum atomic E-state index is -0.142. The minimum Gasteiger partial charge on any atom is -0.461 e. The Morgan fingerprint density at radius 1 is 1.35 bits per heavy atom. The molecule has 0 aromatic heterocycles. The van der Waals surface area contributed by atoms with Crippen LogP contribution in [0.4, 0.5) is 0 Å². The van der Waals surface area contributed by atoms with E-state index in [1.54, 1.807) is 0 Å². The molecule has 0 radical (unpaired) electrons. The molecule has 0 aliphatic carbocycles. The second-order valence-corrected chi connectivity index (χ2v) is 3.65. The third-order valence-electron chi connectivity index (χ3n) is 2.49. The number of hydrogen-bond acceptors (Lipinski definition) is 3. The van der Waals surface area contributed by atoms with Gasteiger partial charge in [0.15, 0.2) is 0 Å². The fraction of sp³-hybridized carbons (Fsp3) is 0.500. The van der Waals surface area contributed by atoms with Gasteiger partial charge in [-0.25, -0.2) is 0 Å². The molecular formula is C14H20O3. The summed E-state index contributed by atoms with van der Waals surface area (Å²) >= 11 is 0. The van der Waals surface area contributed by atoms with Crippen LogP contribution in [0.5, 0.6) is 0 Å². The number of benzene rings is 1. The van der Waals surface area contributed by atoms with E-state index in [2.05, 4.69) is 0 Å². The average molecular weight is 236 g/mol. The zero-order chi connectivity index (χ0) is 12.5. The van der Waals surface area contributed by atoms with Crippen LogP contribution < -0.4 is 0 Å². The zero-order valence-corrected chi connectivity index (χ0v) is 10.5. The van der Waals surface area contributed by atoms with Crippen molar-refractivity contribution in [3.63, 3.8) is 0 Å². The number of esters is 1. The van der Waals surface area contributed by atoms with E-state index in [-0.39, 0.29) is 11.9 Å². The predicted octanol–water partition coefficient (Wildman–Crippen LogP) is 2.79. The Labute approximate surface area is 103 Å². The molecule has 1 aromatic rings. The molecule has 1 saturated heterocycles. The van der Waals surface area contributed by atoms with E-state index in [0.29, 0.717) is 19.8 Å². The van der Waals surface area contributed by atoms with Crippen LogP contribution in [0.3, 0.4) is 0 Å². The summed E-state index contributed by atoms with van der Waals surface area (Å²) in [5, 5.41) is 0. The molecule has 0 amide bonds. The fourth-order valence-electron chi connectivity index (χ4n) is 1.57. The third-order valence-corrected chi connectivity index (χ3v) is 2.49. The molecule has 0 N–H and O–H groups in total. The molecule has 3 nitrogen and oxygen atoms in total. The largest absolute Gasteiger partial charge is 0.461 e. The molecule has 1 fully saturated rings. The van der Waals surface area contributed by atoms with Crippen LogP contribution in [0.15, 0.2) is 30.3 Å². The molecule has 1 heterocycles. The number of hydrogen-bond donors (Lipinski definition) is 0. The zero-order valence-electron chi connectivity index (χ0n) is 10.5. The van der Waals surface area contributed by atoms with Gasteiger partial charge in [0.05, 0.1) is 12.5 Å². The maximum Gasteiger partial charge on any atom is 0.311 e. The lowest BCUT2D eigenvalue weighted by atomic mass is 10.1. The monoisotopic (exact) mass is 236 g/mol. The topological polar surface area (TPSA) is 35.5 Å². The first kappa shape index (κ1) is 13.7. The van der Waals surface area contributed by atoms with Gasteiger partial charge in [0, 0.05) is 6.61 Å². The summed E-state index contributed by atoms with van der Waals surface area (Å²) < 4.78 is 10.3. The van der Waals surface area contributed by atoms with Crippen LogP contribution in [0.2, 0.25) is 0 Å². The molecule has 1 unspecified atom stereocenters. The normalized spacial score (nSPS) is 18.1. The van der Waals surface area contributed by atoms with Crippen LogP contribution in [-0.4, -0.2) is 19.2 Å². The Bertz CT molecular complexity index is 315. The highest BCUT2D eigenvalue weighted by atomic mass is 16.5. The third kappa shape index (κ3) is 4.57. The van der Waals surface area contributed by atoms with E-state index >= 15 is 0 Å². The molecule has 0 saturated carbocycles. The van der Waals surface area contributed by atoms with Crippen molar-refractivity contribution in [2.75, 3.05) is 13.2 Å². The van der Waals surface area contributed by atoms with E-state index < -0.39 is 0 Å². The Morgan fingerprint density at radius 3 is 2.65 bits per heavy atom. The minimum absolute atomic E-state index is 0.0614. The maximum atomic E-state index is 11.5. The highest BCUT2D eigenvalue weighted by Crippen LogP contribution is 2.14. The lowest BCUT2D eigenvalue weighted by Crippen LogP contribution is -2.17. The molecule has 94 valence electrons. The highest BCUT2D eigenvalue weighted by Gasteiger charge is 2.24. The summed E-state index contributed by atoms with van der Waals surface area (Å²) in [6, 6.07) is 9.69. The molecule has 1 atom stereocenters. The van der Waals surface area contributed by atoms with E-state index in [0.717, 1.165) is 12.0 Å². The molecule has 3 heteroatoms. The predicted molar refractivity (Wildman–Crippen MR) is 66.5 cm³/mol. The highest BCUT2D eigenvalue weighted by molar-refractivity contribution is 5.72. The summed E-state index contributed by atoms with van der Waals surface area (Å²) in [5.41, 5.74) is 1.02. The molecule has 1 aromatic carbocycles. The van der Waals surface area contributed by atoms with E-state index in [4.69, 9.17) is 9.47 Å². The van der Waals surface area contributed by atoms with Crippen molar-refractivity contribution in [1.29, 1.82) is 0 Å². The summed E-state index contributed by atoms with van der Waals surface area (Å²) in [5.74, 6) is -0.204. The maximum absolute atomic E-state index is 11.5. The van der Waals surface area contributed by atoms with Crippen molar-refractivity contribution in [2.45, 2.75) is 26.9 Å². The van der Waals surface area contributed by atoms with Gasteiger partial charge in [-0.05, 0) is 12.0 Å². The average Bonchev–Trinajstić information content (AvgIpc) is 2.93. The van der Waals surface area contributed by atoms with Crippen LogP contribution in [-0.2, 0) is 20.9 Å². The summed E-state index contributed by atoms with van der Waals surface area (Å²) in [6.07, 6.45) is 0.785.